The van der Waals surface area contributed by atoms with Crippen molar-refractivity contribution in [2.75, 3.05) is 0 Å². The third-order valence-electron chi connectivity index (χ3n) is 4.08. The number of carboxylic acid groups (broad SMARTS) is 1. The summed E-state index contributed by atoms with van der Waals surface area (Å²) in [5, 5.41) is 12.8. The van der Waals surface area contributed by atoms with Gasteiger partial charge in [0.25, 0.3) is 0 Å². The van der Waals surface area contributed by atoms with Crippen molar-refractivity contribution in [2.24, 2.45) is 0 Å². The molecule has 0 saturated heterocycles. The summed E-state index contributed by atoms with van der Waals surface area (Å²) in [4.78, 5) is 16.5. The van der Waals surface area contributed by atoms with Gasteiger partial charge in [-0.3, -0.25) is 0 Å². The van der Waals surface area contributed by atoms with Crippen LogP contribution in [0.25, 0.3) is 32.9 Å². The van der Waals surface area contributed by atoms with Gasteiger partial charge in [0.1, 0.15) is 0 Å². The van der Waals surface area contributed by atoms with Crippen molar-refractivity contribution in [1.29, 1.82) is 0 Å². The average molecular weight is 334 g/mol. The number of nitrogens with zero attached hydrogens (tertiary/aromatic N) is 1. The van der Waals surface area contributed by atoms with Crippen LogP contribution in [0.3, 0.4) is 0 Å². The van der Waals surface area contributed by atoms with Crippen LogP contribution < -0.4 is 0 Å². The predicted octanol–water partition coefficient (Wildman–Crippen LogP) is 5.41. The molecular formula is C20H12ClNO2. The molecule has 3 nitrogen and oxygen atoms in total. The smallest absolute Gasteiger partial charge is 0.336 e. The first kappa shape index (κ1) is 14.7. The molecule has 1 heterocycles. The van der Waals surface area contributed by atoms with Gasteiger partial charge in [-0.05, 0) is 29.0 Å². The third-order valence-corrected chi connectivity index (χ3v) is 4.41. The summed E-state index contributed by atoms with van der Waals surface area (Å²) in [5.41, 5.74) is 2.15. The first-order chi connectivity index (χ1) is 11.6. The minimum Gasteiger partial charge on any atom is -0.478 e. The minimum atomic E-state index is -0.980. The van der Waals surface area contributed by atoms with E-state index >= 15 is 0 Å². The fourth-order valence-corrected chi connectivity index (χ4v) is 3.22. The number of pyridine rings is 1. The second-order valence-corrected chi connectivity index (χ2v) is 5.93. The van der Waals surface area contributed by atoms with E-state index in [9.17, 15) is 9.90 Å². The third kappa shape index (κ3) is 2.30. The lowest BCUT2D eigenvalue weighted by molar-refractivity contribution is 0.0699. The van der Waals surface area contributed by atoms with Gasteiger partial charge in [-0.25, -0.2) is 9.78 Å². The second kappa shape index (κ2) is 5.62. The summed E-state index contributed by atoms with van der Waals surface area (Å²) in [5.74, 6) is -0.980. The first-order valence-electron chi connectivity index (χ1n) is 7.46. The van der Waals surface area contributed by atoms with E-state index in [-0.39, 0.29) is 5.56 Å². The average Bonchev–Trinajstić information content (AvgIpc) is 2.61. The highest BCUT2D eigenvalue weighted by Crippen LogP contribution is 2.33. The van der Waals surface area contributed by atoms with Crippen molar-refractivity contribution < 1.29 is 9.90 Å². The molecule has 0 aliphatic heterocycles. The lowest BCUT2D eigenvalue weighted by atomic mass is 9.99. The molecule has 24 heavy (non-hydrogen) atoms. The molecule has 4 heteroatoms. The Labute approximate surface area is 143 Å². The van der Waals surface area contributed by atoms with Crippen LogP contribution in [-0.2, 0) is 0 Å². The molecule has 0 amide bonds. The molecule has 0 saturated carbocycles. The summed E-state index contributed by atoms with van der Waals surface area (Å²) in [6.07, 6.45) is 0. The molecule has 0 aliphatic rings. The van der Waals surface area contributed by atoms with Gasteiger partial charge in [0, 0.05) is 16.0 Å². The van der Waals surface area contributed by atoms with Crippen LogP contribution in [0.1, 0.15) is 10.4 Å². The Morgan fingerprint density at radius 3 is 2.50 bits per heavy atom. The SMILES string of the molecule is O=C(O)c1cc(-c2ccccc2Cl)nc2ccc3ccccc3c12. The van der Waals surface area contributed by atoms with Gasteiger partial charge in [0.15, 0.2) is 0 Å². The number of carboxylic acids is 1. The van der Waals surface area contributed by atoms with Gasteiger partial charge >= 0.3 is 5.97 Å². The molecule has 116 valence electrons. The van der Waals surface area contributed by atoms with Crippen molar-refractivity contribution in [3.05, 3.63) is 77.3 Å². The zero-order valence-corrected chi connectivity index (χ0v) is 13.3. The van der Waals surface area contributed by atoms with E-state index in [0.717, 1.165) is 16.3 Å². The Bertz CT molecular complexity index is 1110. The van der Waals surface area contributed by atoms with E-state index in [2.05, 4.69) is 4.98 Å². The second-order valence-electron chi connectivity index (χ2n) is 5.52. The Morgan fingerprint density at radius 2 is 1.71 bits per heavy atom. The highest BCUT2D eigenvalue weighted by Gasteiger charge is 2.16. The summed E-state index contributed by atoms with van der Waals surface area (Å²) in [6.45, 7) is 0. The number of carbonyl (C=O) groups is 1. The molecule has 0 radical (unpaired) electrons. The van der Waals surface area contributed by atoms with Crippen molar-refractivity contribution in [1.82, 2.24) is 4.98 Å². The Kier molecular flexibility index (Phi) is 3.44. The van der Waals surface area contributed by atoms with E-state index in [1.54, 1.807) is 12.1 Å². The van der Waals surface area contributed by atoms with Gasteiger partial charge in [0.05, 0.1) is 16.8 Å². The van der Waals surface area contributed by atoms with E-state index in [1.807, 2.05) is 54.6 Å². The quantitative estimate of drug-likeness (QED) is 0.499. The lowest BCUT2D eigenvalue weighted by Gasteiger charge is -2.10. The zero-order chi connectivity index (χ0) is 16.7. The Hall–Kier alpha value is -2.91. The monoisotopic (exact) mass is 333 g/mol. The van der Waals surface area contributed by atoms with Gasteiger partial charge < -0.3 is 5.11 Å². The first-order valence-corrected chi connectivity index (χ1v) is 7.83. The number of aromatic carboxylic acids is 1. The molecule has 0 bridgehead atoms. The molecule has 0 aliphatic carbocycles. The van der Waals surface area contributed by atoms with E-state index in [4.69, 9.17) is 11.6 Å². The van der Waals surface area contributed by atoms with Crippen LogP contribution in [0.4, 0.5) is 0 Å². The molecule has 0 fully saturated rings. The Morgan fingerprint density at radius 1 is 0.958 bits per heavy atom. The van der Waals surface area contributed by atoms with Gasteiger partial charge in [-0.2, -0.15) is 0 Å². The van der Waals surface area contributed by atoms with Crippen molar-refractivity contribution >= 4 is 39.2 Å². The number of rotatable bonds is 2. The number of halogens is 1. The molecule has 4 aromatic rings. The molecule has 1 aromatic heterocycles. The van der Waals surface area contributed by atoms with Crippen LogP contribution in [0.5, 0.6) is 0 Å². The number of hydrogen-bond acceptors (Lipinski definition) is 2. The Balaban J connectivity index is 2.13. The highest BCUT2D eigenvalue weighted by atomic mass is 35.5. The molecule has 4 rings (SSSR count). The summed E-state index contributed by atoms with van der Waals surface area (Å²) >= 11 is 6.25. The minimum absolute atomic E-state index is 0.228. The maximum atomic E-state index is 11.9. The van der Waals surface area contributed by atoms with Crippen LogP contribution >= 0.6 is 11.6 Å². The lowest BCUT2D eigenvalue weighted by Crippen LogP contribution is -2.01. The van der Waals surface area contributed by atoms with Crippen molar-refractivity contribution in [3.63, 3.8) is 0 Å². The number of aromatic nitrogens is 1. The number of fused-ring (bicyclic) bond motifs is 3. The summed E-state index contributed by atoms with van der Waals surface area (Å²) in [6, 6.07) is 20.4. The fraction of sp³-hybridized carbons (Fsp3) is 0. The van der Waals surface area contributed by atoms with Gasteiger partial charge in [-0.1, -0.05) is 60.1 Å². The summed E-state index contributed by atoms with van der Waals surface area (Å²) < 4.78 is 0. The molecule has 0 unspecified atom stereocenters. The van der Waals surface area contributed by atoms with Crippen LogP contribution in [-0.4, -0.2) is 16.1 Å². The summed E-state index contributed by atoms with van der Waals surface area (Å²) in [7, 11) is 0. The van der Waals surface area contributed by atoms with Gasteiger partial charge in [-0.15, -0.1) is 0 Å². The van der Waals surface area contributed by atoms with Gasteiger partial charge in [0.2, 0.25) is 0 Å². The molecule has 0 spiro atoms. The highest BCUT2D eigenvalue weighted by molar-refractivity contribution is 6.33. The largest absolute Gasteiger partial charge is 0.478 e. The van der Waals surface area contributed by atoms with Crippen LogP contribution in [0.15, 0.2) is 66.7 Å². The number of benzene rings is 3. The molecule has 0 atom stereocenters. The maximum Gasteiger partial charge on any atom is 0.336 e. The van der Waals surface area contributed by atoms with Crippen molar-refractivity contribution in [3.8, 4) is 11.3 Å². The van der Waals surface area contributed by atoms with Crippen LogP contribution in [0.2, 0.25) is 5.02 Å². The molecule has 1 N–H and O–H groups in total. The normalized spacial score (nSPS) is 11.0. The van der Waals surface area contributed by atoms with E-state index < -0.39 is 5.97 Å². The number of hydrogen-bond donors (Lipinski definition) is 1. The van der Waals surface area contributed by atoms with Crippen LogP contribution in [0, 0.1) is 0 Å². The van der Waals surface area contributed by atoms with E-state index in [0.29, 0.717) is 21.6 Å². The van der Waals surface area contributed by atoms with Crippen molar-refractivity contribution in [2.45, 2.75) is 0 Å². The molecule has 3 aromatic carbocycles. The predicted molar refractivity (Wildman–Crippen MR) is 96.7 cm³/mol. The fourth-order valence-electron chi connectivity index (χ4n) is 2.98. The van der Waals surface area contributed by atoms with E-state index in [1.165, 1.54) is 0 Å². The zero-order valence-electron chi connectivity index (χ0n) is 12.5. The standard InChI is InChI=1S/C20H12ClNO2/c21-16-8-4-3-7-14(16)18-11-15(20(23)24)19-13-6-2-1-5-12(13)9-10-17(19)22-18/h1-11H,(H,23,24). The molecular weight excluding hydrogens is 322 g/mol. The topological polar surface area (TPSA) is 50.2 Å². The maximum absolute atomic E-state index is 11.9.